The van der Waals surface area contributed by atoms with E-state index in [1.54, 1.807) is 0 Å². The van der Waals surface area contributed by atoms with Crippen molar-refractivity contribution in [3.05, 3.63) is 36.1 Å². The maximum absolute atomic E-state index is 5.93. The van der Waals surface area contributed by atoms with Crippen LogP contribution in [0.15, 0.2) is 36.1 Å². The van der Waals surface area contributed by atoms with Gasteiger partial charge in [-0.2, -0.15) is 0 Å². The van der Waals surface area contributed by atoms with Gasteiger partial charge in [0.15, 0.2) is 0 Å². The average molecular weight is 260 g/mol. The van der Waals surface area contributed by atoms with E-state index < -0.39 is 0 Å². The molecule has 2 rings (SSSR count). The van der Waals surface area contributed by atoms with Gasteiger partial charge in [0, 0.05) is 5.92 Å². The molecule has 0 N–H and O–H groups in total. The van der Waals surface area contributed by atoms with Gasteiger partial charge in [-0.05, 0) is 56.4 Å². The summed E-state index contributed by atoms with van der Waals surface area (Å²) < 4.78 is 5.93. The summed E-state index contributed by atoms with van der Waals surface area (Å²) in [5, 5.41) is 0. The van der Waals surface area contributed by atoms with E-state index in [0.29, 0.717) is 12.5 Å². The quantitative estimate of drug-likeness (QED) is 0.601. The van der Waals surface area contributed by atoms with Crippen molar-refractivity contribution in [1.82, 2.24) is 0 Å². The maximum Gasteiger partial charge on any atom is 0.112 e. The van der Waals surface area contributed by atoms with Crippen LogP contribution in [0.3, 0.4) is 0 Å². The number of hydrogen-bond donors (Lipinski definition) is 0. The Kier molecular flexibility index (Phi) is 5.75. The van der Waals surface area contributed by atoms with E-state index in [2.05, 4.69) is 31.7 Å². The van der Waals surface area contributed by atoms with E-state index in [9.17, 15) is 0 Å². The highest BCUT2D eigenvalue weighted by Crippen LogP contribution is 2.34. The Balaban J connectivity index is 1.74. The van der Waals surface area contributed by atoms with Crippen LogP contribution < -0.4 is 0 Å². The van der Waals surface area contributed by atoms with Gasteiger partial charge in [0.1, 0.15) is 6.61 Å². The Labute approximate surface area is 118 Å². The topological polar surface area (TPSA) is 9.23 Å². The van der Waals surface area contributed by atoms with Crippen molar-refractivity contribution in [1.29, 1.82) is 0 Å². The second kappa shape index (κ2) is 7.57. The Morgan fingerprint density at radius 3 is 2.79 bits per heavy atom. The van der Waals surface area contributed by atoms with Crippen LogP contribution in [-0.2, 0) is 4.74 Å². The summed E-state index contributed by atoms with van der Waals surface area (Å²) in [5.74, 6) is 2.56. The van der Waals surface area contributed by atoms with Gasteiger partial charge >= 0.3 is 0 Å². The fourth-order valence-electron chi connectivity index (χ4n) is 3.12. The normalized spacial score (nSPS) is 27.5. The lowest BCUT2D eigenvalue weighted by Crippen LogP contribution is -2.17. The monoisotopic (exact) mass is 260 g/mol. The second-order valence-electron chi connectivity index (χ2n) is 5.99. The van der Waals surface area contributed by atoms with Gasteiger partial charge in [-0.3, -0.25) is 0 Å². The molecule has 0 bridgehead atoms. The molecule has 0 aliphatic heterocycles. The fraction of sp³-hybridized carbons (Fsp3) is 0.667. The first-order chi connectivity index (χ1) is 9.29. The number of hydrogen-bond acceptors (Lipinski definition) is 1. The average Bonchev–Trinajstić information content (AvgIpc) is 2.73. The van der Waals surface area contributed by atoms with Crippen LogP contribution in [0, 0.1) is 11.8 Å². The molecule has 0 aromatic heterocycles. The Morgan fingerprint density at radius 2 is 2.05 bits per heavy atom. The lowest BCUT2D eigenvalue weighted by molar-refractivity contribution is 0.167. The van der Waals surface area contributed by atoms with Gasteiger partial charge in [-0.15, -0.1) is 0 Å². The zero-order valence-corrected chi connectivity index (χ0v) is 12.4. The van der Waals surface area contributed by atoms with Crippen LogP contribution in [-0.4, -0.2) is 6.61 Å². The van der Waals surface area contributed by atoms with Gasteiger partial charge in [-0.1, -0.05) is 38.2 Å². The summed E-state index contributed by atoms with van der Waals surface area (Å²) in [6.45, 7) is 7.18. The molecule has 1 nitrogen and oxygen atoms in total. The first-order valence-corrected chi connectivity index (χ1v) is 7.96. The van der Waals surface area contributed by atoms with Gasteiger partial charge in [-0.25, -0.2) is 0 Å². The zero-order valence-electron chi connectivity index (χ0n) is 12.4. The molecule has 19 heavy (non-hydrogen) atoms. The van der Waals surface area contributed by atoms with E-state index >= 15 is 0 Å². The predicted molar refractivity (Wildman–Crippen MR) is 81.9 cm³/mol. The van der Waals surface area contributed by atoms with Crippen LogP contribution in [0.5, 0.6) is 0 Å². The van der Waals surface area contributed by atoms with Crippen molar-refractivity contribution in [2.45, 2.75) is 58.3 Å². The lowest BCUT2D eigenvalue weighted by atomic mass is 9.80. The minimum Gasteiger partial charge on any atom is -0.494 e. The molecule has 1 fully saturated rings. The van der Waals surface area contributed by atoms with Crippen molar-refractivity contribution in [3.63, 3.8) is 0 Å². The molecule has 0 amide bonds. The highest BCUT2D eigenvalue weighted by Gasteiger charge is 2.22. The predicted octanol–water partition coefficient (Wildman–Crippen LogP) is 5.40. The molecule has 0 radical (unpaired) electrons. The molecule has 2 aliphatic carbocycles. The van der Waals surface area contributed by atoms with Crippen molar-refractivity contribution in [2.24, 2.45) is 11.8 Å². The first kappa shape index (κ1) is 14.4. The molecule has 1 saturated carbocycles. The molecule has 0 unspecified atom stereocenters. The minimum atomic E-state index is 0.596. The third kappa shape index (κ3) is 4.56. The Bertz CT molecular complexity index is 343. The largest absolute Gasteiger partial charge is 0.494 e. The summed E-state index contributed by atoms with van der Waals surface area (Å²) in [5.41, 5.74) is 1.32. The fourth-order valence-corrected chi connectivity index (χ4v) is 3.12. The molecule has 0 atom stereocenters. The lowest BCUT2D eigenvalue weighted by Gasteiger charge is -2.29. The third-order valence-corrected chi connectivity index (χ3v) is 4.62. The highest BCUT2D eigenvalue weighted by atomic mass is 16.5. The standard InChI is InChI=1S/C18H28O/c1-3-16-10-12-18(13-11-16)15(2)19-14-17-8-6-4-5-7-9-17/h6,8-9,16,18H,2-5,7,10-14H2,1H3. The molecule has 0 aromatic rings. The molecule has 2 aliphatic rings. The first-order valence-electron chi connectivity index (χ1n) is 7.96. The number of allylic oxidation sites excluding steroid dienone is 3. The summed E-state index contributed by atoms with van der Waals surface area (Å²) in [7, 11) is 0. The van der Waals surface area contributed by atoms with E-state index in [1.165, 1.54) is 56.9 Å². The molecule has 1 heteroatoms. The molecule has 0 spiro atoms. The molecular formula is C18H28O. The number of ether oxygens (including phenoxy) is 1. The Morgan fingerprint density at radius 1 is 1.26 bits per heavy atom. The van der Waals surface area contributed by atoms with Crippen LogP contribution in [0.1, 0.15) is 58.3 Å². The summed E-state index contributed by atoms with van der Waals surface area (Å²) >= 11 is 0. The SMILES string of the molecule is C=C(OCC1=CCCCC=C1)C1CCC(CC)CC1. The molecule has 106 valence electrons. The molecule has 0 aromatic carbocycles. The van der Waals surface area contributed by atoms with Crippen molar-refractivity contribution in [2.75, 3.05) is 6.61 Å². The minimum absolute atomic E-state index is 0.596. The van der Waals surface area contributed by atoms with Crippen LogP contribution >= 0.6 is 0 Å². The molecule has 0 saturated heterocycles. The van der Waals surface area contributed by atoms with Crippen LogP contribution in [0.25, 0.3) is 0 Å². The van der Waals surface area contributed by atoms with E-state index in [1.807, 2.05) is 0 Å². The Hall–Kier alpha value is -0.980. The molecular weight excluding hydrogens is 232 g/mol. The van der Waals surface area contributed by atoms with Gasteiger partial charge in [0.05, 0.1) is 5.76 Å². The maximum atomic E-state index is 5.93. The highest BCUT2D eigenvalue weighted by molar-refractivity contribution is 5.21. The second-order valence-corrected chi connectivity index (χ2v) is 5.99. The smallest absolute Gasteiger partial charge is 0.112 e. The van der Waals surface area contributed by atoms with Crippen LogP contribution in [0.4, 0.5) is 0 Å². The van der Waals surface area contributed by atoms with Crippen molar-refractivity contribution >= 4 is 0 Å². The van der Waals surface area contributed by atoms with Crippen molar-refractivity contribution in [3.8, 4) is 0 Å². The van der Waals surface area contributed by atoms with E-state index in [-0.39, 0.29) is 0 Å². The van der Waals surface area contributed by atoms with E-state index in [0.717, 1.165) is 11.7 Å². The summed E-state index contributed by atoms with van der Waals surface area (Å²) in [6.07, 6.45) is 17.0. The summed E-state index contributed by atoms with van der Waals surface area (Å²) in [6, 6.07) is 0. The van der Waals surface area contributed by atoms with Gasteiger partial charge in [0.25, 0.3) is 0 Å². The van der Waals surface area contributed by atoms with Gasteiger partial charge < -0.3 is 4.74 Å². The van der Waals surface area contributed by atoms with Gasteiger partial charge in [0.2, 0.25) is 0 Å². The third-order valence-electron chi connectivity index (χ3n) is 4.62. The van der Waals surface area contributed by atoms with E-state index in [4.69, 9.17) is 4.74 Å². The molecule has 0 heterocycles. The zero-order chi connectivity index (χ0) is 13.5. The number of rotatable bonds is 5. The summed E-state index contributed by atoms with van der Waals surface area (Å²) in [4.78, 5) is 0. The van der Waals surface area contributed by atoms with Crippen molar-refractivity contribution < 1.29 is 4.74 Å². The van der Waals surface area contributed by atoms with Crippen LogP contribution in [0.2, 0.25) is 0 Å².